The lowest BCUT2D eigenvalue weighted by molar-refractivity contribution is 0.0689. The van der Waals surface area contributed by atoms with Gasteiger partial charge in [0, 0.05) is 0 Å². The number of carbonyl (C=O) groups excluding carboxylic acids is 1. The maximum Gasteiger partial charge on any atom is 0.411 e. The van der Waals surface area contributed by atoms with Gasteiger partial charge in [0.05, 0.1) is 11.4 Å². The van der Waals surface area contributed by atoms with E-state index in [4.69, 9.17) is 9.84 Å². The highest BCUT2D eigenvalue weighted by Crippen LogP contribution is 2.17. The summed E-state index contributed by atoms with van der Waals surface area (Å²) in [4.78, 5) is 26.1. The summed E-state index contributed by atoms with van der Waals surface area (Å²) >= 11 is 0. The summed E-state index contributed by atoms with van der Waals surface area (Å²) in [6.07, 6.45) is 0.811. The predicted molar refractivity (Wildman–Crippen MR) is 65.8 cm³/mol. The fourth-order valence-electron chi connectivity index (χ4n) is 1.33. The molecule has 18 heavy (non-hydrogen) atoms. The molecule has 6 heteroatoms. The molecule has 2 N–H and O–H groups in total. The van der Waals surface area contributed by atoms with Crippen LogP contribution >= 0.6 is 0 Å². The molecule has 0 spiro atoms. The molecule has 0 aliphatic rings. The standard InChI is InChI=1S/C12H14N2O4/c1-4-5-18-12(17)14-9-6-7(2)10(11(15)16)13-8(9)3/h4,6H,1,5H2,2-3H3,(H,14,17)(H,15,16). The summed E-state index contributed by atoms with van der Waals surface area (Å²) in [6, 6.07) is 1.54. The van der Waals surface area contributed by atoms with Crippen molar-refractivity contribution in [3.8, 4) is 0 Å². The molecule has 0 aliphatic heterocycles. The van der Waals surface area contributed by atoms with E-state index in [1.807, 2.05) is 0 Å². The summed E-state index contributed by atoms with van der Waals surface area (Å²) in [5.74, 6) is -1.10. The predicted octanol–water partition coefficient (Wildman–Crippen LogP) is 2.13. The van der Waals surface area contributed by atoms with Crippen molar-refractivity contribution in [3.05, 3.63) is 35.7 Å². The Morgan fingerprint density at radius 1 is 1.56 bits per heavy atom. The van der Waals surface area contributed by atoms with Crippen molar-refractivity contribution in [2.45, 2.75) is 13.8 Å². The molecule has 1 amide bonds. The first-order chi connectivity index (χ1) is 8.45. The van der Waals surface area contributed by atoms with Gasteiger partial charge in [0.2, 0.25) is 0 Å². The second kappa shape index (κ2) is 5.81. The van der Waals surface area contributed by atoms with E-state index in [2.05, 4.69) is 16.9 Å². The van der Waals surface area contributed by atoms with Gasteiger partial charge in [-0.15, -0.1) is 0 Å². The SMILES string of the molecule is C=CCOC(=O)Nc1cc(C)c(C(=O)O)nc1C. The number of carbonyl (C=O) groups is 2. The highest BCUT2D eigenvalue weighted by atomic mass is 16.5. The molecule has 1 aromatic rings. The zero-order valence-corrected chi connectivity index (χ0v) is 10.2. The number of nitrogens with zero attached hydrogens (tertiary/aromatic N) is 1. The maximum atomic E-state index is 11.3. The average molecular weight is 250 g/mol. The van der Waals surface area contributed by atoms with E-state index in [0.717, 1.165) is 0 Å². The van der Waals surface area contributed by atoms with Gasteiger partial charge >= 0.3 is 12.1 Å². The molecule has 0 aromatic carbocycles. The molecule has 6 nitrogen and oxygen atoms in total. The summed E-state index contributed by atoms with van der Waals surface area (Å²) in [7, 11) is 0. The van der Waals surface area contributed by atoms with Crippen molar-refractivity contribution in [2.75, 3.05) is 11.9 Å². The monoisotopic (exact) mass is 250 g/mol. The third-order valence-electron chi connectivity index (χ3n) is 2.18. The van der Waals surface area contributed by atoms with Crippen LogP contribution in [-0.4, -0.2) is 28.8 Å². The number of aryl methyl sites for hydroxylation is 2. The molecule has 0 unspecified atom stereocenters. The minimum Gasteiger partial charge on any atom is -0.477 e. The number of ether oxygens (including phenoxy) is 1. The van der Waals surface area contributed by atoms with Crippen LogP contribution in [0.4, 0.5) is 10.5 Å². The highest BCUT2D eigenvalue weighted by Gasteiger charge is 2.13. The van der Waals surface area contributed by atoms with E-state index in [1.54, 1.807) is 19.9 Å². The number of rotatable bonds is 4. The van der Waals surface area contributed by atoms with Crippen molar-refractivity contribution < 1.29 is 19.4 Å². The van der Waals surface area contributed by atoms with Crippen molar-refractivity contribution in [3.63, 3.8) is 0 Å². The first-order valence-electron chi connectivity index (χ1n) is 5.22. The van der Waals surface area contributed by atoms with E-state index < -0.39 is 12.1 Å². The smallest absolute Gasteiger partial charge is 0.411 e. The van der Waals surface area contributed by atoms with E-state index in [-0.39, 0.29) is 12.3 Å². The zero-order chi connectivity index (χ0) is 13.7. The lowest BCUT2D eigenvalue weighted by Crippen LogP contribution is -2.16. The number of carboxylic acids is 1. The molecule has 0 saturated heterocycles. The zero-order valence-electron chi connectivity index (χ0n) is 10.2. The molecule has 0 radical (unpaired) electrons. The van der Waals surface area contributed by atoms with Gasteiger partial charge in [-0.1, -0.05) is 12.7 Å². The van der Waals surface area contributed by atoms with Gasteiger partial charge in [-0.3, -0.25) is 5.32 Å². The highest BCUT2D eigenvalue weighted by molar-refractivity contribution is 5.90. The van der Waals surface area contributed by atoms with Crippen LogP contribution in [0.15, 0.2) is 18.7 Å². The second-order valence-corrected chi connectivity index (χ2v) is 3.60. The maximum absolute atomic E-state index is 11.3. The average Bonchev–Trinajstić information content (AvgIpc) is 2.30. The quantitative estimate of drug-likeness (QED) is 0.799. The normalized spacial score (nSPS) is 9.67. The fourth-order valence-corrected chi connectivity index (χ4v) is 1.33. The largest absolute Gasteiger partial charge is 0.477 e. The Balaban J connectivity index is 2.91. The van der Waals surface area contributed by atoms with Crippen molar-refractivity contribution >= 4 is 17.7 Å². The third-order valence-corrected chi connectivity index (χ3v) is 2.18. The van der Waals surface area contributed by atoms with Gasteiger partial charge in [-0.2, -0.15) is 0 Å². The fraction of sp³-hybridized carbons (Fsp3) is 0.250. The molecule has 0 aliphatic carbocycles. The number of carboxylic acid groups (broad SMARTS) is 1. The lowest BCUT2D eigenvalue weighted by atomic mass is 10.1. The number of nitrogens with one attached hydrogen (secondary N) is 1. The number of amides is 1. The van der Waals surface area contributed by atoms with Crippen molar-refractivity contribution in [1.82, 2.24) is 4.98 Å². The molecule has 1 heterocycles. The Hall–Kier alpha value is -2.37. The minimum atomic E-state index is -1.10. The molecule has 1 aromatic heterocycles. The minimum absolute atomic E-state index is 0.0301. The van der Waals surface area contributed by atoms with Gasteiger partial charge < -0.3 is 9.84 Å². The van der Waals surface area contributed by atoms with Gasteiger partial charge in [0.25, 0.3) is 0 Å². The van der Waals surface area contributed by atoms with Gasteiger partial charge in [0.1, 0.15) is 6.61 Å². The molecule has 0 bridgehead atoms. The molecule has 1 rings (SSSR count). The summed E-state index contributed by atoms with van der Waals surface area (Å²) in [5, 5.41) is 11.4. The van der Waals surface area contributed by atoms with Crippen LogP contribution in [0.25, 0.3) is 0 Å². The van der Waals surface area contributed by atoms with E-state index in [0.29, 0.717) is 16.9 Å². The number of aromatic carboxylic acids is 1. The Morgan fingerprint density at radius 2 is 2.22 bits per heavy atom. The Labute approximate surface area is 104 Å². The van der Waals surface area contributed by atoms with Crippen molar-refractivity contribution in [1.29, 1.82) is 0 Å². The first kappa shape index (κ1) is 13.7. The van der Waals surface area contributed by atoms with Crippen LogP contribution in [0, 0.1) is 13.8 Å². The third kappa shape index (κ3) is 3.31. The molecule has 0 fully saturated rings. The topological polar surface area (TPSA) is 88.5 Å². The van der Waals surface area contributed by atoms with Gasteiger partial charge in [-0.05, 0) is 25.5 Å². The van der Waals surface area contributed by atoms with Crippen molar-refractivity contribution in [2.24, 2.45) is 0 Å². The first-order valence-corrected chi connectivity index (χ1v) is 5.22. The van der Waals surface area contributed by atoms with Gasteiger partial charge in [0.15, 0.2) is 5.69 Å². The van der Waals surface area contributed by atoms with Crippen LogP contribution in [0.2, 0.25) is 0 Å². The number of anilines is 1. The number of hydrogen-bond donors (Lipinski definition) is 2. The molecule has 0 atom stereocenters. The van der Waals surface area contributed by atoms with Crippen LogP contribution in [0.3, 0.4) is 0 Å². The van der Waals surface area contributed by atoms with E-state index >= 15 is 0 Å². The van der Waals surface area contributed by atoms with Crippen LogP contribution in [-0.2, 0) is 4.74 Å². The van der Waals surface area contributed by atoms with Crippen LogP contribution in [0.5, 0.6) is 0 Å². The van der Waals surface area contributed by atoms with Crippen LogP contribution in [0.1, 0.15) is 21.7 Å². The molecule has 0 saturated carbocycles. The van der Waals surface area contributed by atoms with E-state index in [1.165, 1.54) is 6.08 Å². The number of hydrogen-bond acceptors (Lipinski definition) is 4. The molecular weight excluding hydrogens is 236 g/mol. The van der Waals surface area contributed by atoms with E-state index in [9.17, 15) is 9.59 Å². The number of aromatic nitrogens is 1. The molecule has 96 valence electrons. The summed E-state index contributed by atoms with van der Waals surface area (Å²) in [6.45, 7) is 6.73. The Bertz CT molecular complexity index is 497. The second-order valence-electron chi connectivity index (χ2n) is 3.60. The Morgan fingerprint density at radius 3 is 2.78 bits per heavy atom. The van der Waals surface area contributed by atoms with Crippen LogP contribution < -0.4 is 5.32 Å². The summed E-state index contributed by atoms with van der Waals surface area (Å²) < 4.78 is 4.76. The summed E-state index contributed by atoms with van der Waals surface area (Å²) in [5.41, 5.74) is 1.27. The Kier molecular flexibility index (Phi) is 4.42. The lowest BCUT2D eigenvalue weighted by Gasteiger charge is -2.10. The molecular formula is C12H14N2O4. The van der Waals surface area contributed by atoms with Gasteiger partial charge in [-0.25, -0.2) is 14.6 Å². The number of pyridine rings is 1.